The number of halogens is 1. The summed E-state index contributed by atoms with van der Waals surface area (Å²) < 4.78 is 13.4. The quantitative estimate of drug-likeness (QED) is 0.624. The molecule has 1 saturated heterocycles. The first-order chi connectivity index (χ1) is 15.5. The summed E-state index contributed by atoms with van der Waals surface area (Å²) in [5.41, 5.74) is 1.89. The summed E-state index contributed by atoms with van der Waals surface area (Å²) in [6.07, 6.45) is 6.89. The summed E-state index contributed by atoms with van der Waals surface area (Å²) in [6.45, 7) is 3.40. The average molecular weight is 438 g/mol. The standard InChI is InChI=1S/C26H32FN3O2/c27-20-6-7-21(28-16-20)15-25(17-29-23-14-22(23)19-4-2-1-3-5-19)10-12-30(13-11-25)18-26(8-9-26)24(31)32/h1-7,16,22-23,29H,8-15,17-18H2,(H,31,32)/t22-,23-/m1/s1. The smallest absolute Gasteiger partial charge is 0.310 e. The summed E-state index contributed by atoms with van der Waals surface area (Å²) in [7, 11) is 0. The van der Waals surface area contributed by atoms with Gasteiger partial charge in [0.05, 0.1) is 11.6 Å². The van der Waals surface area contributed by atoms with E-state index in [1.54, 1.807) is 6.07 Å². The molecule has 0 spiro atoms. The second-order valence-electron chi connectivity index (χ2n) is 10.2. The molecule has 0 radical (unpaired) electrons. The molecule has 6 heteroatoms. The molecule has 3 aliphatic rings. The van der Waals surface area contributed by atoms with Gasteiger partial charge in [0.15, 0.2) is 0 Å². The Morgan fingerprint density at radius 1 is 1.12 bits per heavy atom. The highest BCUT2D eigenvalue weighted by Crippen LogP contribution is 2.48. The first-order valence-electron chi connectivity index (χ1n) is 11.8. The molecule has 1 aromatic carbocycles. The predicted octanol–water partition coefficient (Wildman–Crippen LogP) is 3.86. The SMILES string of the molecule is O=C(O)C1(CN2CCC(CN[C@@H]3C[C@@H]3c3ccccc3)(Cc3ccc(F)cn3)CC2)CC1. The number of nitrogens with one attached hydrogen (secondary N) is 1. The van der Waals surface area contributed by atoms with Crippen LogP contribution >= 0.6 is 0 Å². The Labute approximate surface area is 189 Å². The average Bonchev–Trinajstić information content (AvgIpc) is 3.72. The highest BCUT2D eigenvalue weighted by atomic mass is 19.1. The Kier molecular flexibility index (Phi) is 5.76. The van der Waals surface area contributed by atoms with Crippen molar-refractivity contribution < 1.29 is 14.3 Å². The van der Waals surface area contributed by atoms with Crippen molar-refractivity contribution in [2.24, 2.45) is 10.8 Å². The Hall–Kier alpha value is -2.31. The molecule has 170 valence electrons. The third-order valence-electron chi connectivity index (χ3n) is 7.85. The number of pyridine rings is 1. The number of likely N-dealkylation sites (tertiary alicyclic amines) is 1. The number of carbonyl (C=O) groups is 1. The minimum Gasteiger partial charge on any atom is -0.481 e. The zero-order valence-electron chi connectivity index (χ0n) is 18.5. The molecule has 2 aromatic rings. The second-order valence-corrected chi connectivity index (χ2v) is 10.2. The van der Waals surface area contributed by atoms with E-state index in [2.05, 4.69) is 45.5 Å². The number of carboxylic acids is 1. The number of benzene rings is 1. The number of hydrogen-bond acceptors (Lipinski definition) is 4. The van der Waals surface area contributed by atoms with Crippen molar-refractivity contribution in [1.29, 1.82) is 0 Å². The van der Waals surface area contributed by atoms with E-state index < -0.39 is 11.4 Å². The van der Waals surface area contributed by atoms with E-state index in [0.717, 1.165) is 57.4 Å². The van der Waals surface area contributed by atoms with Gasteiger partial charge in [-0.15, -0.1) is 0 Å². The lowest BCUT2D eigenvalue weighted by Crippen LogP contribution is -2.48. The monoisotopic (exact) mass is 437 g/mol. The van der Waals surface area contributed by atoms with Crippen molar-refractivity contribution in [3.63, 3.8) is 0 Å². The maximum Gasteiger partial charge on any atom is 0.310 e. The third-order valence-corrected chi connectivity index (χ3v) is 7.85. The van der Waals surface area contributed by atoms with Crippen LogP contribution in [0.2, 0.25) is 0 Å². The fourth-order valence-corrected chi connectivity index (χ4v) is 5.35. The van der Waals surface area contributed by atoms with Crippen LogP contribution in [0.25, 0.3) is 0 Å². The van der Waals surface area contributed by atoms with E-state index in [0.29, 0.717) is 18.5 Å². The van der Waals surface area contributed by atoms with Crippen molar-refractivity contribution >= 4 is 5.97 Å². The molecule has 2 heterocycles. The van der Waals surface area contributed by atoms with Crippen LogP contribution in [0, 0.1) is 16.6 Å². The van der Waals surface area contributed by atoms with Gasteiger partial charge in [-0.3, -0.25) is 9.78 Å². The number of aliphatic carboxylic acids is 1. The molecule has 32 heavy (non-hydrogen) atoms. The third kappa shape index (κ3) is 4.71. The molecule has 0 amide bonds. The number of carboxylic acid groups (broad SMARTS) is 1. The molecule has 2 aliphatic carbocycles. The van der Waals surface area contributed by atoms with E-state index in [1.807, 2.05) is 0 Å². The zero-order chi connectivity index (χ0) is 22.2. The number of rotatable bonds is 9. The van der Waals surface area contributed by atoms with Crippen LogP contribution in [0.3, 0.4) is 0 Å². The summed E-state index contributed by atoms with van der Waals surface area (Å²) in [6, 6.07) is 14.5. The molecule has 2 N–H and O–H groups in total. The Morgan fingerprint density at radius 3 is 2.50 bits per heavy atom. The lowest BCUT2D eigenvalue weighted by Gasteiger charge is -2.43. The van der Waals surface area contributed by atoms with Gasteiger partial charge in [-0.1, -0.05) is 30.3 Å². The fourth-order valence-electron chi connectivity index (χ4n) is 5.35. The van der Waals surface area contributed by atoms with Crippen LogP contribution in [-0.2, 0) is 11.2 Å². The van der Waals surface area contributed by atoms with Crippen LogP contribution in [0.15, 0.2) is 48.7 Å². The summed E-state index contributed by atoms with van der Waals surface area (Å²) in [5, 5.41) is 13.4. The molecule has 0 bridgehead atoms. The van der Waals surface area contributed by atoms with E-state index in [-0.39, 0.29) is 11.2 Å². The first kappa shape index (κ1) is 21.5. The molecule has 2 atom stereocenters. The Bertz CT molecular complexity index is 937. The Balaban J connectivity index is 1.23. The van der Waals surface area contributed by atoms with Crippen LogP contribution < -0.4 is 5.32 Å². The minimum atomic E-state index is -0.646. The first-order valence-corrected chi connectivity index (χ1v) is 11.8. The van der Waals surface area contributed by atoms with Crippen molar-refractivity contribution in [3.05, 3.63) is 65.7 Å². The molecule has 1 aliphatic heterocycles. The zero-order valence-corrected chi connectivity index (χ0v) is 18.5. The molecule has 3 fully saturated rings. The van der Waals surface area contributed by atoms with Gasteiger partial charge in [0.1, 0.15) is 5.82 Å². The maximum atomic E-state index is 13.4. The van der Waals surface area contributed by atoms with Crippen molar-refractivity contribution in [2.75, 3.05) is 26.2 Å². The van der Waals surface area contributed by atoms with Gasteiger partial charge in [-0.05, 0) is 74.7 Å². The van der Waals surface area contributed by atoms with E-state index in [4.69, 9.17) is 0 Å². The molecule has 5 rings (SSSR count). The van der Waals surface area contributed by atoms with Crippen LogP contribution in [0.4, 0.5) is 4.39 Å². The summed E-state index contributed by atoms with van der Waals surface area (Å²) >= 11 is 0. The van der Waals surface area contributed by atoms with Gasteiger partial charge >= 0.3 is 5.97 Å². The van der Waals surface area contributed by atoms with Crippen LogP contribution in [0.1, 0.15) is 49.3 Å². The number of piperidine rings is 1. The van der Waals surface area contributed by atoms with Crippen molar-refractivity contribution in [3.8, 4) is 0 Å². The van der Waals surface area contributed by atoms with Gasteiger partial charge in [0.25, 0.3) is 0 Å². The molecular formula is C26H32FN3O2. The van der Waals surface area contributed by atoms with Crippen LogP contribution in [-0.4, -0.2) is 53.2 Å². The molecule has 2 saturated carbocycles. The van der Waals surface area contributed by atoms with Gasteiger partial charge in [-0.25, -0.2) is 4.39 Å². The predicted molar refractivity (Wildman–Crippen MR) is 121 cm³/mol. The van der Waals surface area contributed by atoms with Crippen LogP contribution in [0.5, 0.6) is 0 Å². The van der Waals surface area contributed by atoms with E-state index in [1.165, 1.54) is 24.2 Å². The van der Waals surface area contributed by atoms with Gasteiger partial charge < -0.3 is 15.3 Å². The lowest BCUT2D eigenvalue weighted by molar-refractivity contribution is -0.144. The molecule has 5 nitrogen and oxygen atoms in total. The van der Waals surface area contributed by atoms with Crippen molar-refractivity contribution in [2.45, 2.75) is 50.5 Å². The largest absolute Gasteiger partial charge is 0.481 e. The second kappa shape index (κ2) is 8.56. The summed E-state index contributed by atoms with van der Waals surface area (Å²) in [4.78, 5) is 18.3. The van der Waals surface area contributed by atoms with Gasteiger partial charge in [0, 0.05) is 30.7 Å². The number of hydrogen-bond donors (Lipinski definition) is 2. The minimum absolute atomic E-state index is 0.0606. The van der Waals surface area contributed by atoms with E-state index >= 15 is 0 Å². The Morgan fingerprint density at radius 2 is 1.88 bits per heavy atom. The normalized spacial score (nSPS) is 25.9. The summed E-state index contributed by atoms with van der Waals surface area (Å²) in [5.74, 6) is -0.363. The highest BCUT2D eigenvalue weighted by Gasteiger charge is 2.52. The number of aromatic nitrogens is 1. The lowest BCUT2D eigenvalue weighted by atomic mass is 9.74. The van der Waals surface area contributed by atoms with Crippen molar-refractivity contribution in [1.82, 2.24) is 15.2 Å². The number of nitrogens with zero attached hydrogens (tertiary/aromatic N) is 2. The molecule has 0 unspecified atom stereocenters. The highest BCUT2D eigenvalue weighted by molar-refractivity contribution is 5.78. The van der Waals surface area contributed by atoms with Gasteiger partial charge in [-0.2, -0.15) is 0 Å². The molecular weight excluding hydrogens is 405 g/mol. The van der Waals surface area contributed by atoms with Gasteiger partial charge in [0.2, 0.25) is 0 Å². The molecule has 1 aromatic heterocycles. The maximum absolute atomic E-state index is 13.4. The fraction of sp³-hybridized carbons (Fsp3) is 0.538. The van der Waals surface area contributed by atoms with E-state index in [9.17, 15) is 14.3 Å². The topological polar surface area (TPSA) is 65.5 Å².